The summed E-state index contributed by atoms with van der Waals surface area (Å²) < 4.78 is 0. The minimum Gasteiger partial charge on any atom is -0.508 e. The quantitative estimate of drug-likeness (QED) is 0.308. The summed E-state index contributed by atoms with van der Waals surface area (Å²) in [6.07, 6.45) is 1.17. The Bertz CT molecular complexity index is 1630. The number of aliphatic hydroxyl groups excluding tert-OH is 1. The number of Topliss-reactive ketones (excluding diaryl/α,β-unsaturated/α-hetero) is 2. The molecule has 0 saturated heterocycles. The van der Waals surface area contributed by atoms with Gasteiger partial charge in [0, 0.05) is 27.5 Å². The van der Waals surface area contributed by atoms with Crippen LogP contribution in [-0.4, -0.2) is 32.5 Å². The van der Waals surface area contributed by atoms with Crippen molar-refractivity contribution in [2.24, 2.45) is 10.8 Å². The number of aromatic hydroxyl groups is 1. The molecule has 0 heterocycles. The summed E-state index contributed by atoms with van der Waals surface area (Å²) in [6.45, 7) is 15.4. The first-order chi connectivity index (χ1) is 18.7. The number of hydrogen-bond donors (Lipinski definition) is 3. The summed E-state index contributed by atoms with van der Waals surface area (Å²) in [4.78, 5) is 26.2. The molecule has 0 spiro atoms. The van der Waals surface area contributed by atoms with Crippen LogP contribution in [0, 0.1) is 22.7 Å². The predicted molar refractivity (Wildman–Crippen MR) is 156 cm³/mol. The number of benzene rings is 2. The number of carbonyl (C=O) groups is 2. The molecule has 0 radical (unpaired) electrons. The number of carbonyl (C=O) groups excluding carboxylic acids is 2. The molecule has 0 saturated carbocycles. The Morgan fingerprint density at radius 1 is 1.07 bits per heavy atom. The van der Waals surface area contributed by atoms with Crippen molar-refractivity contribution in [1.82, 2.24) is 0 Å². The average Bonchev–Trinajstić information content (AvgIpc) is 2.85. The maximum atomic E-state index is 13.7. The highest BCUT2D eigenvalue weighted by atomic mass is 16.3. The Balaban J connectivity index is 1.75. The van der Waals surface area contributed by atoms with Gasteiger partial charge in [-0.1, -0.05) is 69.9 Å². The number of rotatable bonds is 2. The SMILES string of the molecule is C=C1C2=C(O)[C@@]3(O)C(=O)C(C(C)=O)=C(C)C[C@@]3(C)C[C@@]2(C)Cc2c(C(C)C)cc(C#Cc3ccccc3)c(O)c21. The van der Waals surface area contributed by atoms with E-state index < -0.39 is 33.8 Å². The Morgan fingerprint density at radius 2 is 1.73 bits per heavy atom. The number of phenolic OH excluding ortho intramolecular Hbond substituents is 1. The van der Waals surface area contributed by atoms with E-state index in [1.165, 1.54) is 6.92 Å². The maximum absolute atomic E-state index is 13.7. The van der Waals surface area contributed by atoms with E-state index in [2.05, 4.69) is 32.3 Å². The van der Waals surface area contributed by atoms with Crippen molar-refractivity contribution in [2.75, 3.05) is 0 Å². The smallest absolute Gasteiger partial charge is 0.206 e. The van der Waals surface area contributed by atoms with Gasteiger partial charge in [-0.05, 0) is 73.9 Å². The van der Waals surface area contributed by atoms with Crippen molar-refractivity contribution >= 4 is 17.1 Å². The van der Waals surface area contributed by atoms with Crippen LogP contribution in [0.2, 0.25) is 0 Å². The number of ketones is 2. The van der Waals surface area contributed by atoms with E-state index in [1.807, 2.05) is 50.2 Å². The lowest BCUT2D eigenvalue weighted by molar-refractivity contribution is -0.157. The molecule has 3 aliphatic carbocycles. The van der Waals surface area contributed by atoms with Crippen LogP contribution in [0.3, 0.4) is 0 Å². The van der Waals surface area contributed by atoms with Crippen molar-refractivity contribution in [1.29, 1.82) is 0 Å². The van der Waals surface area contributed by atoms with Gasteiger partial charge in [0.15, 0.2) is 11.4 Å². The fourth-order valence-corrected chi connectivity index (χ4v) is 7.60. The van der Waals surface area contributed by atoms with E-state index in [0.29, 0.717) is 47.1 Å². The molecule has 0 unspecified atom stereocenters. The fourth-order valence-electron chi connectivity index (χ4n) is 7.60. The molecule has 2 aromatic rings. The van der Waals surface area contributed by atoms with Crippen LogP contribution in [0.4, 0.5) is 0 Å². The second-order valence-corrected chi connectivity index (χ2v) is 12.6. The molecule has 5 heteroatoms. The Kier molecular flexibility index (Phi) is 6.28. The lowest BCUT2D eigenvalue weighted by atomic mass is 9.47. The zero-order chi connectivity index (χ0) is 29.4. The number of fused-ring (bicyclic) bond motifs is 3. The molecule has 3 aliphatic rings. The van der Waals surface area contributed by atoms with Gasteiger partial charge in [-0.3, -0.25) is 9.59 Å². The first-order valence-corrected chi connectivity index (χ1v) is 13.7. The van der Waals surface area contributed by atoms with Crippen LogP contribution in [-0.2, 0) is 16.0 Å². The van der Waals surface area contributed by atoms with Crippen molar-refractivity contribution in [3.63, 3.8) is 0 Å². The number of aliphatic hydroxyl groups is 2. The van der Waals surface area contributed by atoms with Crippen LogP contribution >= 0.6 is 0 Å². The highest BCUT2D eigenvalue weighted by Crippen LogP contribution is 2.64. The summed E-state index contributed by atoms with van der Waals surface area (Å²) in [5.41, 5.74) is 1.03. The number of phenols is 1. The molecule has 2 aromatic carbocycles. The minimum absolute atomic E-state index is 0.0364. The van der Waals surface area contributed by atoms with E-state index >= 15 is 0 Å². The third-order valence-corrected chi connectivity index (χ3v) is 9.18. The van der Waals surface area contributed by atoms with Crippen molar-refractivity contribution < 1.29 is 24.9 Å². The van der Waals surface area contributed by atoms with Gasteiger partial charge in [-0.15, -0.1) is 0 Å². The molecule has 3 atom stereocenters. The van der Waals surface area contributed by atoms with Gasteiger partial charge in [-0.2, -0.15) is 0 Å². The van der Waals surface area contributed by atoms with Crippen LogP contribution < -0.4 is 0 Å². The Labute approximate surface area is 236 Å². The van der Waals surface area contributed by atoms with Gasteiger partial charge in [0.1, 0.15) is 11.5 Å². The third kappa shape index (κ3) is 3.73. The van der Waals surface area contributed by atoms with Gasteiger partial charge in [0.25, 0.3) is 0 Å². The number of allylic oxidation sites excluding steroid dienone is 3. The van der Waals surface area contributed by atoms with Crippen molar-refractivity contribution in [3.8, 4) is 17.6 Å². The zero-order valence-electron chi connectivity index (χ0n) is 24.0. The lowest BCUT2D eigenvalue weighted by Crippen LogP contribution is -2.63. The number of hydrogen-bond acceptors (Lipinski definition) is 5. The molecule has 0 aliphatic heterocycles. The van der Waals surface area contributed by atoms with Gasteiger partial charge in [0.2, 0.25) is 5.78 Å². The third-order valence-electron chi connectivity index (χ3n) is 9.18. The van der Waals surface area contributed by atoms with Crippen molar-refractivity contribution in [3.05, 3.63) is 93.3 Å². The molecule has 5 rings (SSSR count). The lowest BCUT2D eigenvalue weighted by Gasteiger charge is -2.57. The summed E-state index contributed by atoms with van der Waals surface area (Å²) in [5, 5.41) is 35.4. The second-order valence-electron chi connectivity index (χ2n) is 12.6. The van der Waals surface area contributed by atoms with E-state index in [-0.39, 0.29) is 17.2 Å². The monoisotopic (exact) mass is 536 g/mol. The standard InChI is InChI=1S/C35H36O5/c1-19(2)25-15-24(14-13-23-11-9-8-10-12-23)30(37)28-21(4)29-32(39)35(40)31(38)27(22(5)36)20(3)16-34(35,7)18-33(29,6)17-26(25)28/h8-12,15,19,37,39-40H,4,16-18H2,1-3,5-7H3/t33-,34+,35+/m1/s1. The van der Waals surface area contributed by atoms with E-state index in [9.17, 15) is 24.9 Å². The Hall–Kier alpha value is -3.88. The molecule has 3 N–H and O–H groups in total. The van der Waals surface area contributed by atoms with E-state index in [0.717, 1.165) is 16.7 Å². The first kappa shape index (κ1) is 27.7. The summed E-state index contributed by atoms with van der Waals surface area (Å²) >= 11 is 0. The average molecular weight is 537 g/mol. The summed E-state index contributed by atoms with van der Waals surface area (Å²) in [7, 11) is 0. The Morgan fingerprint density at radius 3 is 2.33 bits per heavy atom. The molecule has 206 valence electrons. The minimum atomic E-state index is -2.27. The first-order valence-electron chi connectivity index (χ1n) is 13.7. The molecular formula is C35H36O5. The van der Waals surface area contributed by atoms with Gasteiger partial charge in [0.05, 0.1) is 11.1 Å². The van der Waals surface area contributed by atoms with Crippen LogP contribution in [0.1, 0.15) is 88.1 Å². The second kappa shape index (κ2) is 9.08. The summed E-state index contributed by atoms with van der Waals surface area (Å²) in [6, 6.07) is 11.4. The topological polar surface area (TPSA) is 94.8 Å². The molecule has 5 nitrogen and oxygen atoms in total. The molecule has 40 heavy (non-hydrogen) atoms. The van der Waals surface area contributed by atoms with Crippen LogP contribution in [0.25, 0.3) is 5.57 Å². The largest absolute Gasteiger partial charge is 0.508 e. The molecular weight excluding hydrogens is 500 g/mol. The maximum Gasteiger partial charge on any atom is 0.206 e. The van der Waals surface area contributed by atoms with Gasteiger partial charge < -0.3 is 15.3 Å². The molecule has 0 aromatic heterocycles. The van der Waals surface area contributed by atoms with Crippen LogP contribution in [0.5, 0.6) is 5.75 Å². The van der Waals surface area contributed by atoms with Crippen molar-refractivity contribution in [2.45, 2.75) is 72.3 Å². The highest BCUT2D eigenvalue weighted by molar-refractivity contribution is 6.24. The predicted octanol–water partition coefficient (Wildman–Crippen LogP) is 6.32. The van der Waals surface area contributed by atoms with Gasteiger partial charge >= 0.3 is 0 Å². The molecule has 0 fully saturated rings. The summed E-state index contributed by atoms with van der Waals surface area (Å²) in [5.74, 6) is 4.63. The molecule has 0 amide bonds. The highest BCUT2D eigenvalue weighted by Gasteiger charge is 2.66. The zero-order valence-corrected chi connectivity index (χ0v) is 24.0. The molecule has 0 bridgehead atoms. The van der Waals surface area contributed by atoms with Crippen LogP contribution in [0.15, 0.2) is 65.5 Å². The van der Waals surface area contributed by atoms with Gasteiger partial charge in [-0.25, -0.2) is 0 Å². The van der Waals surface area contributed by atoms with E-state index in [1.54, 1.807) is 6.92 Å². The normalized spacial score (nSPS) is 27.6. The fraction of sp³-hybridized carbons (Fsp3) is 0.371. The van der Waals surface area contributed by atoms with E-state index in [4.69, 9.17) is 0 Å².